The predicted octanol–water partition coefficient (Wildman–Crippen LogP) is 5.53. The van der Waals surface area contributed by atoms with E-state index in [-0.39, 0.29) is 11.5 Å². The molecule has 0 saturated carbocycles. The molecule has 0 aliphatic heterocycles. The van der Waals surface area contributed by atoms with Gasteiger partial charge in [0.15, 0.2) is 16.8 Å². The summed E-state index contributed by atoms with van der Waals surface area (Å²) < 4.78 is 12.6. The molecule has 30 heavy (non-hydrogen) atoms. The predicted molar refractivity (Wildman–Crippen MR) is 121 cm³/mol. The summed E-state index contributed by atoms with van der Waals surface area (Å²) in [4.78, 5) is 14.9. The molecule has 0 radical (unpaired) electrons. The second-order valence-corrected chi connectivity index (χ2v) is 7.58. The first-order valence-electron chi connectivity index (χ1n) is 10.1. The molecule has 0 aliphatic rings. The van der Waals surface area contributed by atoms with E-state index in [9.17, 15) is 4.79 Å². The quantitative estimate of drug-likeness (QED) is 0.410. The first-order chi connectivity index (χ1) is 14.6. The van der Waals surface area contributed by atoms with E-state index >= 15 is 0 Å². The number of hydrogen-bond acceptors (Lipinski definition) is 4. The Labute approximate surface area is 176 Å². The smallest absolute Gasteiger partial charge is 0.193 e. The molecule has 3 aromatic carbocycles. The minimum atomic E-state index is -0.148. The highest BCUT2D eigenvalue weighted by atomic mass is 16.5. The zero-order valence-electron chi connectivity index (χ0n) is 17.2. The van der Waals surface area contributed by atoms with E-state index in [1.165, 1.54) is 0 Å². The van der Waals surface area contributed by atoms with E-state index in [1.54, 1.807) is 12.1 Å². The highest BCUT2D eigenvalue weighted by Crippen LogP contribution is 2.32. The molecule has 1 aromatic heterocycles. The number of fused-ring (bicyclic) bond motifs is 1. The maximum atomic E-state index is 12.8. The first-order valence-corrected chi connectivity index (χ1v) is 10.1. The van der Waals surface area contributed by atoms with Crippen molar-refractivity contribution in [2.24, 2.45) is 0 Å². The number of rotatable bonds is 7. The van der Waals surface area contributed by atoms with Crippen LogP contribution in [0.2, 0.25) is 0 Å². The minimum absolute atomic E-state index is 0.0786. The maximum absolute atomic E-state index is 12.8. The highest BCUT2D eigenvalue weighted by molar-refractivity contribution is 5.84. The molecule has 0 aliphatic carbocycles. The average molecular weight is 399 g/mol. The summed E-state index contributed by atoms with van der Waals surface area (Å²) in [6.45, 7) is 0.879. The second kappa shape index (κ2) is 8.97. The van der Waals surface area contributed by atoms with E-state index < -0.39 is 0 Å². The van der Waals surface area contributed by atoms with Crippen LogP contribution in [0.3, 0.4) is 0 Å². The molecule has 0 N–H and O–H groups in total. The minimum Gasteiger partial charge on any atom is -0.482 e. The Bertz CT molecular complexity index is 1170. The highest BCUT2D eigenvalue weighted by Gasteiger charge is 2.18. The summed E-state index contributed by atoms with van der Waals surface area (Å²) in [5.74, 6) is 1.11. The van der Waals surface area contributed by atoms with Gasteiger partial charge in [0.05, 0.1) is 5.39 Å². The van der Waals surface area contributed by atoms with Crippen LogP contribution in [0.25, 0.3) is 22.3 Å². The molecule has 152 valence electrons. The first kappa shape index (κ1) is 19.9. The Hall–Kier alpha value is -3.37. The maximum Gasteiger partial charge on any atom is 0.193 e. The third kappa shape index (κ3) is 4.44. The van der Waals surface area contributed by atoms with Crippen molar-refractivity contribution < 1.29 is 9.15 Å². The Morgan fingerprint density at radius 1 is 0.900 bits per heavy atom. The molecule has 1 unspecified atom stereocenters. The van der Waals surface area contributed by atoms with Crippen LogP contribution < -0.4 is 10.2 Å². The van der Waals surface area contributed by atoms with E-state index in [1.807, 2.05) is 74.8 Å². The van der Waals surface area contributed by atoms with Gasteiger partial charge < -0.3 is 14.1 Å². The molecule has 4 nitrogen and oxygen atoms in total. The van der Waals surface area contributed by atoms with Gasteiger partial charge in [-0.05, 0) is 31.8 Å². The molecule has 0 amide bonds. The molecule has 1 atom stereocenters. The number of benzene rings is 3. The number of ether oxygens (including phenoxy) is 1. The van der Waals surface area contributed by atoms with E-state index in [0.29, 0.717) is 22.5 Å². The summed E-state index contributed by atoms with van der Waals surface area (Å²) in [6, 6.07) is 26.8. The second-order valence-electron chi connectivity index (χ2n) is 7.58. The molecular weight excluding hydrogens is 374 g/mol. The zero-order valence-corrected chi connectivity index (χ0v) is 17.2. The molecule has 0 spiro atoms. The fourth-order valence-corrected chi connectivity index (χ4v) is 3.48. The zero-order chi connectivity index (χ0) is 20.9. The van der Waals surface area contributed by atoms with Gasteiger partial charge in [0.25, 0.3) is 0 Å². The summed E-state index contributed by atoms with van der Waals surface area (Å²) in [7, 11) is 4.09. The van der Waals surface area contributed by atoms with Gasteiger partial charge in [-0.3, -0.25) is 4.79 Å². The third-order valence-electron chi connectivity index (χ3n) is 5.06. The van der Waals surface area contributed by atoms with Crippen LogP contribution in [-0.2, 0) is 0 Å². The molecule has 4 aromatic rings. The van der Waals surface area contributed by atoms with E-state index in [4.69, 9.17) is 9.15 Å². The van der Waals surface area contributed by atoms with Crippen LogP contribution >= 0.6 is 0 Å². The molecule has 0 fully saturated rings. The van der Waals surface area contributed by atoms with Gasteiger partial charge >= 0.3 is 0 Å². The van der Waals surface area contributed by atoms with Crippen molar-refractivity contribution in [1.29, 1.82) is 0 Å². The van der Waals surface area contributed by atoms with Crippen molar-refractivity contribution in [3.8, 4) is 17.1 Å². The van der Waals surface area contributed by atoms with Crippen LogP contribution in [0.4, 0.5) is 0 Å². The Morgan fingerprint density at radius 2 is 1.60 bits per heavy atom. The largest absolute Gasteiger partial charge is 0.482 e. The Balaban J connectivity index is 1.77. The molecular formula is C26H25NO3. The van der Waals surface area contributed by atoms with Crippen molar-refractivity contribution in [2.75, 3.05) is 20.6 Å². The van der Waals surface area contributed by atoms with Crippen LogP contribution in [0.15, 0.2) is 94.1 Å². The van der Waals surface area contributed by atoms with E-state index in [0.717, 1.165) is 24.1 Å². The molecule has 4 heteroatoms. The number of para-hydroxylation sites is 1. The third-order valence-corrected chi connectivity index (χ3v) is 5.06. The van der Waals surface area contributed by atoms with Gasteiger partial charge in [0.2, 0.25) is 0 Å². The van der Waals surface area contributed by atoms with Crippen molar-refractivity contribution >= 4 is 11.0 Å². The van der Waals surface area contributed by atoms with Crippen molar-refractivity contribution in [2.45, 2.75) is 12.5 Å². The van der Waals surface area contributed by atoms with Crippen molar-refractivity contribution in [3.05, 3.63) is 101 Å². The van der Waals surface area contributed by atoms with Gasteiger partial charge in [0.1, 0.15) is 11.9 Å². The fraction of sp³-hybridized carbons (Fsp3) is 0.192. The Morgan fingerprint density at radius 3 is 2.30 bits per heavy atom. The normalized spacial score (nSPS) is 12.2. The van der Waals surface area contributed by atoms with Crippen molar-refractivity contribution in [1.82, 2.24) is 4.90 Å². The summed E-state index contributed by atoms with van der Waals surface area (Å²) >= 11 is 0. The average Bonchev–Trinajstić information content (AvgIpc) is 2.78. The van der Waals surface area contributed by atoms with Crippen LogP contribution in [0.1, 0.15) is 18.1 Å². The number of hydrogen-bond donors (Lipinski definition) is 0. The summed E-state index contributed by atoms with van der Waals surface area (Å²) in [5.41, 5.74) is 2.36. The topological polar surface area (TPSA) is 42.7 Å². The Kier molecular flexibility index (Phi) is 5.96. The molecule has 4 rings (SSSR count). The lowest BCUT2D eigenvalue weighted by Gasteiger charge is -2.22. The molecule has 1 heterocycles. The van der Waals surface area contributed by atoms with Gasteiger partial charge in [-0.1, -0.05) is 66.7 Å². The van der Waals surface area contributed by atoms with Gasteiger partial charge in [0, 0.05) is 24.6 Å². The number of nitrogens with zero attached hydrogens (tertiary/aromatic N) is 1. The van der Waals surface area contributed by atoms with Crippen LogP contribution in [0, 0.1) is 0 Å². The van der Waals surface area contributed by atoms with Gasteiger partial charge in [-0.15, -0.1) is 0 Å². The molecule has 0 bridgehead atoms. The van der Waals surface area contributed by atoms with Gasteiger partial charge in [-0.25, -0.2) is 0 Å². The lowest BCUT2D eigenvalue weighted by molar-refractivity contribution is 0.180. The summed E-state index contributed by atoms with van der Waals surface area (Å²) in [5, 5.41) is 0.520. The molecule has 0 saturated heterocycles. The lowest BCUT2D eigenvalue weighted by atomic mass is 10.1. The van der Waals surface area contributed by atoms with Crippen molar-refractivity contribution in [3.63, 3.8) is 0 Å². The SMILES string of the molecule is CN(C)CCC(Oc1cccc2c(=O)cc(-c3ccccc3)oc12)c1ccccc1. The lowest BCUT2D eigenvalue weighted by Crippen LogP contribution is -2.19. The monoisotopic (exact) mass is 399 g/mol. The fourth-order valence-electron chi connectivity index (χ4n) is 3.48. The van der Waals surface area contributed by atoms with Crippen LogP contribution in [-0.4, -0.2) is 25.5 Å². The van der Waals surface area contributed by atoms with E-state index in [2.05, 4.69) is 17.0 Å². The van der Waals surface area contributed by atoms with Crippen LogP contribution in [0.5, 0.6) is 5.75 Å². The summed E-state index contributed by atoms with van der Waals surface area (Å²) in [6.07, 6.45) is 0.667. The van der Waals surface area contributed by atoms with Gasteiger partial charge in [-0.2, -0.15) is 0 Å². The standard InChI is InChI=1S/C26H25NO3/c1-27(2)17-16-23(19-10-5-3-6-11-19)29-24-15-9-14-21-22(28)18-25(30-26(21)24)20-12-7-4-8-13-20/h3-15,18,23H,16-17H2,1-2H3.